The molecule has 3 rings (SSSR count). The molecule has 29 heavy (non-hydrogen) atoms. The van der Waals surface area contributed by atoms with Gasteiger partial charge in [-0.15, -0.1) is 0 Å². The number of sulfonamides is 1. The number of amides is 3. The number of halogens is 1. The van der Waals surface area contributed by atoms with Crippen LogP contribution in [0.2, 0.25) is 0 Å². The quantitative estimate of drug-likeness (QED) is 0.386. The molecular formula is C18H26FN3O6S. The van der Waals surface area contributed by atoms with Crippen LogP contribution in [0.3, 0.4) is 0 Å². The average molecular weight is 431 g/mol. The summed E-state index contributed by atoms with van der Waals surface area (Å²) in [5.41, 5.74) is 0. The summed E-state index contributed by atoms with van der Waals surface area (Å²) in [5.74, 6) is -0.679. The number of furan rings is 1. The van der Waals surface area contributed by atoms with Crippen LogP contribution in [0, 0.1) is 11.7 Å². The molecule has 0 bridgehead atoms. The fourth-order valence-electron chi connectivity index (χ4n) is 2.98. The van der Waals surface area contributed by atoms with Crippen molar-refractivity contribution in [2.75, 3.05) is 25.4 Å². The Hall–Kier alpha value is -2.14. The number of urea groups is 1. The lowest BCUT2D eigenvalue weighted by molar-refractivity contribution is -0.118. The molecule has 1 saturated heterocycles. The lowest BCUT2D eigenvalue weighted by Crippen LogP contribution is -2.30. The molecule has 1 saturated carbocycles. The third-order valence-electron chi connectivity index (χ3n) is 4.81. The number of carbonyl (C=O) groups is 2. The van der Waals surface area contributed by atoms with E-state index >= 15 is 0 Å². The maximum Gasteiger partial charge on any atom is 0.324 e. The highest BCUT2D eigenvalue weighted by atomic mass is 32.2. The number of rotatable bonds is 12. The largest absolute Gasteiger partial charge is 0.463 e. The highest BCUT2D eigenvalue weighted by Gasteiger charge is 2.27. The molecule has 0 radical (unpaired) electrons. The Morgan fingerprint density at radius 2 is 2.10 bits per heavy atom. The molecule has 1 aliphatic carbocycles. The standard InChI is InChI=1S/C18H26FN3O6S/c1-12(15-9-14(19)17(28-15)27-11-13-5-6-13)21-29(25,26)8-4-2-3-7-22-10-16(23)20-18(22)24/h9,12-13,21H,2-8,10-11H2,1H3,(H,20,23,24)/t12-/m1/s1. The van der Waals surface area contributed by atoms with Crippen molar-refractivity contribution in [2.24, 2.45) is 5.92 Å². The molecular weight excluding hydrogens is 405 g/mol. The third-order valence-corrected chi connectivity index (χ3v) is 6.35. The first-order valence-electron chi connectivity index (χ1n) is 9.74. The monoisotopic (exact) mass is 431 g/mol. The van der Waals surface area contributed by atoms with E-state index in [4.69, 9.17) is 9.15 Å². The van der Waals surface area contributed by atoms with Gasteiger partial charge >= 0.3 is 12.0 Å². The van der Waals surface area contributed by atoms with Crippen molar-refractivity contribution >= 4 is 22.0 Å². The van der Waals surface area contributed by atoms with Gasteiger partial charge in [-0.3, -0.25) is 10.1 Å². The number of nitrogens with zero attached hydrogens (tertiary/aromatic N) is 1. The molecule has 0 unspecified atom stereocenters. The van der Waals surface area contributed by atoms with Crippen LogP contribution in [-0.4, -0.2) is 50.7 Å². The molecule has 1 aromatic heterocycles. The van der Waals surface area contributed by atoms with Crippen LogP contribution in [0.5, 0.6) is 5.95 Å². The molecule has 2 aliphatic rings. The molecule has 1 aliphatic heterocycles. The summed E-state index contributed by atoms with van der Waals surface area (Å²) in [6.45, 7) is 2.42. The lowest BCUT2D eigenvalue weighted by atomic mass is 10.2. The topological polar surface area (TPSA) is 118 Å². The smallest absolute Gasteiger partial charge is 0.324 e. The Morgan fingerprint density at radius 3 is 2.76 bits per heavy atom. The van der Waals surface area contributed by atoms with Crippen molar-refractivity contribution in [1.29, 1.82) is 0 Å². The molecule has 9 nitrogen and oxygen atoms in total. The van der Waals surface area contributed by atoms with Crippen molar-refractivity contribution in [3.05, 3.63) is 17.6 Å². The first-order valence-corrected chi connectivity index (χ1v) is 11.4. The van der Waals surface area contributed by atoms with E-state index in [0.717, 1.165) is 18.9 Å². The maximum atomic E-state index is 13.9. The number of hydrogen-bond acceptors (Lipinski definition) is 6. The summed E-state index contributed by atoms with van der Waals surface area (Å²) in [5, 5.41) is 2.19. The molecule has 2 heterocycles. The van der Waals surface area contributed by atoms with Gasteiger partial charge in [0.2, 0.25) is 21.7 Å². The first-order chi connectivity index (χ1) is 13.7. The molecule has 162 valence electrons. The van der Waals surface area contributed by atoms with Crippen molar-refractivity contribution in [1.82, 2.24) is 14.9 Å². The first kappa shape index (κ1) is 21.6. The normalized spacial score (nSPS) is 18.2. The van der Waals surface area contributed by atoms with Crippen LogP contribution in [0.1, 0.15) is 50.8 Å². The molecule has 0 aromatic carbocycles. The Bertz CT molecular complexity index is 852. The molecule has 2 fully saturated rings. The number of nitrogens with one attached hydrogen (secondary N) is 2. The molecule has 1 aromatic rings. The maximum absolute atomic E-state index is 13.9. The molecule has 11 heteroatoms. The number of imide groups is 1. The van der Waals surface area contributed by atoms with Crippen molar-refractivity contribution in [3.8, 4) is 5.95 Å². The summed E-state index contributed by atoms with van der Waals surface area (Å²) in [6.07, 6.45) is 3.70. The van der Waals surface area contributed by atoms with E-state index in [-0.39, 0.29) is 29.9 Å². The number of carbonyl (C=O) groups excluding carboxylic acids is 2. The van der Waals surface area contributed by atoms with Crippen molar-refractivity contribution in [2.45, 2.75) is 45.1 Å². The predicted octanol–water partition coefficient (Wildman–Crippen LogP) is 1.91. The number of hydrogen-bond donors (Lipinski definition) is 2. The van der Waals surface area contributed by atoms with Crippen molar-refractivity contribution < 1.29 is 31.6 Å². The minimum absolute atomic E-state index is 0.0439. The van der Waals surface area contributed by atoms with Gasteiger partial charge in [-0.2, -0.15) is 4.39 Å². The second-order valence-corrected chi connectivity index (χ2v) is 9.41. The zero-order chi connectivity index (χ0) is 21.0. The minimum atomic E-state index is -3.59. The van der Waals surface area contributed by atoms with Gasteiger partial charge in [0.25, 0.3) is 0 Å². The Kier molecular flexibility index (Phi) is 6.78. The SMILES string of the molecule is C[C@@H](NS(=O)(=O)CCCCCN1CC(=O)NC1=O)c1cc(F)c(OCC2CC2)o1. The van der Waals surface area contributed by atoms with Gasteiger partial charge in [-0.1, -0.05) is 6.42 Å². The predicted molar refractivity (Wildman–Crippen MR) is 101 cm³/mol. The summed E-state index contributed by atoms with van der Waals surface area (Å²) >= 11 is 0. The van der Waals surface area contributed by atoms with E-state index in [2.05, 4.69) is 10.0 Å². The average Bonchev–Trinajstić information content (AvgIpc) is 3.31. The second kappa shape index (κ2) is 9.12. The van der Waals surface area contributed by atoms with E-state index in [1.807, 2.05) is 0 Å². The van der Waals surface area contributed by atoms with E-state index < -0.39 is 27.9 Å². The second-order valence-electron chi connectivity index (χ2n) is 7.53. The van der Waals surface area contributed by atoms with E-state index in [1.165, 1.54) is 4.90 Å². The number of ether oxygens (including phenoxy) is 1. The Labute approximate surface area is 169 Å². The van der Waals surface area contributed by atoms with Crippen molar-refractivity contribution in [3.63, 3.8) is 0 Å². The summed E-state index contributed by atoms with van der Waals surface area (Å²) in [4.78, 5) is 23.9. The number of unbranched alkanes of at least 4 members (excludes halogenated alkanes) is 2. The summed E-state index contributed by atoms with van der Waals surface area (Å²) < 4.78 is 51.5. The highest BCUT2D eigenvalue weighted by molar-refractivity contribution is 7.89. The highest BCUT2D eigenvalue weighted by Crippen LogP contribution is 2.32. The molecule has 3 amide bonds. The van der Waals surface area contributed by atoms with Crippen LogP contribution in [0.15, 0.2) is 10.5 Å². The van der Waals surface area contributed by atoms with Gasteiger partial charge in [0.05, 0.1) is 18.4 Å². The van der Waals surface area contributed by atoms with Crippen LogP contribution in [-0.2, 0) is 14.8 Å². The Morgan fingerprint density at radius 1 is 1.34 bits per heavy atom. The third kappa shape index (κ3) is 6.43. The van der Waals surface area contributed by atoms with Gasteiger partial charge in [-0.05, 0) is 38.5 Å². The van der Waals surface area contributed by atoms with Crippen LogP contribution in [0.4, 0.5) is 9.18 Å². The van der Waals surface area contributed by atoms with Gasteiger partial charge < -0.3 is 14.1 Å². The van der Waals surface area contributed by atoms with E-state index in [9.17, 15) is 22.4 Å². The lowest BCUT2D eigenvalue weighted by Gasteiger charge is -2.13. The minimum Gasteiger partial charge on any atom is -0.463 e. The van der Waals surface area contributed by atoms with Crippen LogP contribution >= 0.6 is 0 Å². The van der Waals surface area contributed by atoms with Gasteiger partial charge in [-0.25, -0.2) is 17.9 Å². The van der Waals surface area contributed by atoms with E-state index in [0.29, 0.717) is 38.3 Å². The fraction of sp³-hybridized carbons (Fsp3) is 0.667. The summed E-state index contributed by atoms with van der Waals surface area (Å²) in [7, 11) is -3.59. The van der Waals surface area contributed by atoms with Gasteiger partial charge in [0.1, 0.15) is 12.3 Å². The molecule has 0 spiro atoms. The van der Waals surface area contributed by atoms with E-state index in [1.54, 1.807) is 6.92 Å². The Balaban J connectivity index is 1.38. The zero-order valence-corrected chi connectivity index (χ0v) is 17.1. The van der Waals surface area contributed by atoms with Crippen LogP contribution in [0.25, 0.3) is 0 Å². The summed E-state index contributed by atoms with van der Waals surface area (Å²) in [6, 6.07) is -0.00555. The molecule has 1 atom stereocenters. The molecule has 2 N–H and O–H groups in total. The fourth-order valence-corrected chi connectivity index (χ4v) is 4.34. The van der Waals surface area contributed by atoms with Gasteiger partial charge in [0, 0.05) is 12.6 Å². The van der Waals surface area contributed by atoms with Gasteiger partial charge in [0.15, 0.2) is 0 Å². The van der Waals surface area contributed by atoms with Crippen LogP contribution < -0.4 is 14.8 Å². The zero-order valence-electron chi connectivity index (χ0n) is 16.3.